The van der Waals surface area contributed by atoms with E-state index in [9.17, 15) is 17.6 Å². The summed E-state index contributed by atoms with van der Waals surface area (Å²) in [7, 11) is -4.30. The van der Waals surface area contributed by atoms with Crippen molar-refractivity contribution in [3.63, 3.8) is 0 Å². The predicted molar refractivity (Wildman–Crippen MR) is 79.2 cm³/mol. The van der Waals surface area contributed by atoms with Gasteiger partial charge in [-0.15, -0.1) is 0 Å². The molecule has 118 valence electrons. The van der Waals surface area contributed by atoms with Crippen molar-refractivity contribution >= 4 is 27.5 Å². The highest BCUT2D eigenvalue weighted by Crippen LogP contribution is 2.24. The maximum atomic E-state index is 14.3. The maximum Gasteiger partial charge on any atom is 0.257 e. The molecular weight excluding hydrogens is 319 g/mol. The first-order valence-electron chi connectivity index (χ1n) is 6.42. The van der Waals surface area contributed by atoms with E-state index in [1.807, 2.05) is 6.92 Å². The Hall–Kier alpha value is -1.18. The molecule has 1 rings (SSSR count). The highest BCUT2D eigenvalue weighted by atomic mass is 35.5. The van der Waals surface area contributed by atoms with E-state index in [2.05, 4.69) is 0 Å². The van der Waals surface area contributed by atoms with Gasteiger partial charge in [-0.2, -0.15) is 0 Å². The summed E-state index contributed by atoms with van der Waals surface area (Å²) in [5, 5.41) is 4.87. The molecule has 0 aliphatic heterocycles. The maximum absolute atomic E-state index is 14.3. The summed E-state index contributed by atoms with van der Waals surface area (Å²) >= 11 is 5.78. The van der Waals surface area contributed by atoms with Gasteiger partial charge in [0.1, 0.15) is 4.90 Å². The quantitative estimate of drug-likeness (QED) is 0.896. The second-order valence-electron chi connectivity index (χ2n) is 4.90. The van der Waals surface area contributed by atoms with E-state index in [0.29, 0.717) is 13.0 Å². The lowest BCUT2D eigenvalue weighted by Gasteiger charge is -2.26. The van der Waals surface area contributed by atoms with Crippen LogP contribution in [0.25, 0.3) is 0 Å². The molecule has 1 aromatic rings. The van der Waals surface area contributed by atoms with E-state index in [1.54, 1.807) is 13.8 Å². The molecule has 8 heteroatoms. The zero-order valence-electron chi connectivity index (χ0n) is 12.1. The fourth-order valence-electron chi connectivity index (χ4n) is 1.92. The minimum Gasteiger partial charge on any atom is -0.336 e. The number of sulfonamides is 1. The van der Waals surface area contributed by atoms with Crippen LogP contribution in [0.2, 0.25) is 5.02 Å². The average Bonchev–Trinajstić information content (AvgIpc) is 2.35. The van der Waals surface area contributed by atoms with E-state index in [4.69, 9.17) is 16.7 Å². The van der Waals surface area contributed by atoms with Crippen molar-refractivity contribution in [2.45, 2.75) is 38.1 Å². The Morgan fingerprint density at radius 2 is 2.00 bits per heavy atom. The van der Waals surface area contributed by atoms with E-state index in [-0.39, 0.29) is 11.1 Å². The van der Waals surface area contributed by atoms with Crippen LogP contribution in [0.5, 0.6) is 0 Å². The van der Waals surface area contributed by atoms with E-state index >= 15 is 0 Å². The molecule has 0 unspecified atom stereocenters. The lowest BCUT2D eigenvalue weighted by Crippen LogP contribution is -2.38. The number of rotatable bonds is 5. The number of primary sulfonamides is 1. The van der Waals surface area contributed by atoms with E-state index < -0.39 is 32.2 Å². The van der Waals surface area contributed by atoms with Crippen LogP contribution in [-0.4, -0.2) is 31.8 Å². The fraction of sp³-hybridized carbons (Fsp3) is 0.462. The van der Waals surface area contributed by atoms with Gasteiger partial charge in [-0.1, -0.05) is 18.5 Å². The van der Waals surface area contributed by atoms with E-state index in [0.717, 1.165) is 12.1 Å². The molecule has 0 aliphatic carbocycles. The number of nitrogens with zero attached hydrogens (tertiary/aromatic N) is 1. The van der Waals surface area contributed by atoms with Gasteiger partial charge in [0.05, 0.1) is 5.56 Å². The van der Waals surface area contributed by atoms with Crippen molar-refractivity contribution in [1.29, 1.82) is 0 Å². The molecule has 5 nitrogen and oxygen atoms in total. The lowest BCUT2D eigenvalue weighted by atomic mass is 10.1. The van der Waals surface area contributed by atoms with Crippen molar-refractivity contribution in [2.75, 3.05) is 6.54 Å². The number of hydrogen-bond donors (Lipinski definition) is 1. The van der Waals surface area contributed by atoms with Crippen LogP contribution >= 0.6 is 11.6 Å². The SMILES string of the molecule is CCCN(C(=O)c1cc(Cl)cc(S(N)(=O)=O)c1F)C(C)C. The Labute approximate surface area is 128 Å². The molecule has 0 spiro atoms. The summed E-state index contributed by atoms with van der Waals surface area (Å²) in [6.45, 7) is 5.88. The van der Waals surface area contributed by atoms with Gasteiger partial charge < -0.3 is 4.90 Å². The molecule has 0 radical (unpaired) electrons. The first kappa shape index (κ1) is 17.9. The monoisotopic (exact) mass is 336 g/mol. The molecule has 21 heavy (non-hydrogen) atoms. The lowest BCUT2D eigenvalue weighted by molar-refractivity contribution is 0.0700. The minimum absolute atomic E-state index is 0.0658. The van der Waals surface area contributed by atoms with Gasteiger partial charge in [0.15, 0.2) is 5.82 Å². The Balaban J connectivity index is 3.43. The first-order chi connectivity index (χ1) is 9.59. The number of halogens is 2. The van der Waals surface area contributed by atoms with Crippen LogP contribution in [0, 0.1) is 5.82 Å². The Kier molecular flexibility index (Phi) is 5.72. The number of carbonyl (C=O) groups excluding carboxylic acids is 1. The molecule has 0 aromatic heterocycles. The molecule has 0 saturated carbocycles. The normalized spacial score (nSPS) is 11.8. The summed E-state index contributed by atoms with van der Waals surface area (Å²) in [5.41, 5.74) is -0.395. The van der Waals surface area contributed by atoms with Gasteiger partial charge in [-0.3, -0.25) is 4.79 Å². The number of amides is 1. The summed E-state index contributed by atoms with van der Waals surface area (Å²) in [6.07, 6.45) is 0.689. The highest BCUT2D eigenvalue weighted by Gasteiger charge is 2.26. The number of carbonyl (C=O) groups is 1. The zero-order chi connectivity index (χ0) is 16.4. The third-order valence-electron chi connectivity index (χ3n) is 2.89. The smallest absolute Gasteiger partial charge is 0.257 e. The van der Waals surface area contributed by atoms with Crippen LogP contribution < -0.4 is 5.14 Å². The molecule has 0 fully saturated rings. The molecular formula is C13H18ClFN2O3S. The minimum atomic E-state index is -4.30. The molecule has 0 aliphatic rings. The summed E-state index contributed by atoms with van der Waals surface area (Å²) < 4.78 is 37.0. The third-order valence-corrected chi connectivity index (χ3v) is 4.02. The molecule has 1 amide bonds. The van der Waals surface area contributed by atoms with Crippen LogP contribution in [0.3, 0.4) is 0 Å². The molecule has 2 N–H and O–H groups in total. The third kappa shape index (κ3) is 4.15. The van der Waals surface area contributed by atoms with Gasteiger partial charge >= 0.3 is 0 Å². The van der Waals surface area contributed by atoms with Crippen molar-refractivity contribution in [3.8, 4) is 0 Å². The second kappa shape index (κ2) is 6.72. The van der Waals surface area contributed by atoms with Crippen LogP contribution in [-0.2, 0) is 10.0 Å². The van der Waals surface area contributed by atoms with Gasteiger partial charge in [0.2, 0.25) is 10.0 Å². The molecule has 0 heterocycles. The number of nitrogens with two attached hydrogens (primary N) is 1. The number of benzene rings is 1. The van der Waals surface area contributed by atoms with Crippen LogP contribution in [0.4, 0.5) is 4.39 Å². The standard InChI is InChI=1S/C13H18ClFN2O3S/c1-4-5-17(8(2)3)13(18)10-6-9(14)7-11(12(10)15)21(16,19)20/h6-8H,4-5H2,1-3H3,(H2,16,19,20). The predicted octanol–water partition coefficient (Wildman–Crippen LogP) is 2.39. The van der Waals surface area contributed by atoms with Crippen LogP contribution in [0.15, 0.2) is 17.0 Å². The van der Waals surface area contributed by atoms with Crippen molar-refractivity contribution in [3.05, 3.63) is 28.5 Å². The topological polar surface area (TPSA) is 80.5 Å². The largest absolute Gasteiger partial charge is 0.336 e. The zero-order valence-corrected chi connectivity index (χ0v) is 13.6. The molecule has 0 saturated heterocycles. The average molecular weight is 337 g/mol. The Morgan fingerprint density at radius 1 is 1.43 bits per heavy atom. The molecule has 0 bridgehead atoms. The van der Waals surface area contributed by atoms with Gasteiger partial charge in [0.25, 0.3) is 5.91 Å². The van der Waals surface area contributed by atoms with Gasteiger partial charge in [0, 0.05) is 17.6 Å². The van der Waals surface area contributed by atoms with Crippen molar-refractivity contribution in [1.82, 2.24) is 4.90 Å². The highest BCUT2D eigenvalue weighted by molar-refractivity contribution is 7.89. The molecule has 1 aromatic carbocycles. The van der Waals surface area contributed by atoms with Crippen molar-refractivity contribution in [2.24, 2.45) is 5.14 Å². The summed E-state index contributed by atoms with van der Waals surface area (Å²) in [6, 6.07) is 1.84. The first-order valence-corrected chi connectivity index (χ1v) is 8.34. The Bertz CT molecular complexity index is 647. The van der Waals surface area contributed by atoms with Gasteiger partial charge in [-0.25, -0.2) is 17.9 Å². The summed E-state index contributed by atoms with van der Waals surface area (Å²) in [5.74, 6) is -1.79. The van der Waals surface area contributed by atoms with E-state index in [1.165, 1.54) is 4.90 Å². The summed E-state index contributed by atoms with van der Waals surface area (Å²) in [4.78, 5) is 13.1. The van der Waals surface area contributed by atoms with Crippen LogP contribution in [0.1, 0.15) is 37.6 Å². The second-order valence-corrected chi connectivity index (χ2v) is 6.87. The van der Waals surface area contributed by atoms with Crippen molar-refractivity contribution < 1.29 is 17.6 Å². The Morgan fingerprint density at radius 3 is 2.43 bits per heavy atom. The fourth-order valence-corrected chi connectivity index (χ4v) is 2.85. The number of hydrogen-bond acceptors (Lipinski definition) is 3. The molecule has 0 atom stereocenters. The van der Waals surface area contributed by atoms with Gasteiger partial charge in [-0.05, 0) is 32.4 Å².